The van der Waals surface area contributed by atoms with Crippen LogP contribution in [-0.2, 0) is 4.79 Å². The molecule has 0 aliphatic carbocycles. The predicted octanol–water partition coefficient (Wildman–Crippen LogP) is 1.76. The highest BCUT2D eigenvalue weighted by Crippen LogP contribution is 2.37. The largest absolute Gasteiger partial charge is 0.496 e. The van der Waals surface area contributed by atoms with Crippen molar-refractivity contribution >= 4 is 5.97 Å². The molecule has 0 radical (unpaired) electrons. The highest BCUT2D eigenvalue weighted by Gasteiger charge is 2.25. The first-order valence-corrected chi connectivity index (χ1v) is 4.87. The Bertz CT molecular complexity index is 447. The molecule has 0 saturated carbocycles. The smallest absolute Gasteiger partial charge is 0.337 e. The van der Waals surface area contributed by atoms with Gasteiger partial charge < -0.3 is 19.7 Å². The summed E-state index contributed by atoms with van der Waals surface area (Å²) in [5, 5.41) is 18.1. The summed E-state index contributed by atoms with van der Waals surface area (Å²) >= 11 is 0. The molecule has 0 heterocycles. The standard InChI is InChI=1S/C11H12F2O5/c1-17-7-4-6(10(12)13)8(18-2)3-5(7)9(14)11(15)16/h3-4,9-10,14H,1-2H3,(H,15,16). The van der Waals surface area contributed by atoms with Crippen molar-refractivity contribution in [1.29, 1.82) is 0 Å². The van der Waals surface area contributed by atoms with E-state index < -0.39 is 24.1 Å². The van der Waals surface area contributed by atoms with Gasteiger partial charge in [-0.15, -0.1) is 0 Å². The zero-order valence-electron chi connectivity index (χ0n) is 9.68. The van der Waals surface area contributed by atoms with Crippen LogP contribution in [0.25, 0.3) is 0 Å². The van der Waals surface area contributed by atoms with E-state index in [4.69, 9.17) is 14.6 Å². The molecular weight excluding hydrogens is 250 g/mol. The Hall–Kier alpha value is -1.89. The number of rotatable bonds is 5. The van der Waals surface area contributed by atoms with Gasteiger partial charge in [0.1, 0.15) is 11.5 Å². The Labute approximate surface area is 102 Å². The summed E-state index contributed by atoms with van der Waals surface area (Å²) in [5.74, 6) is -1.86. The second-order valence-corrected chi connectivity index (χ2v) is 3.38. The van der Waals surface area contributed by atoms with E-state index in [0.717, 1.165) is 12.1 Å². The third kappa shape index (κ3) is 2.67. The first-order chi connectivity index (χ1) is 8.42. The number of methoxy groups -OCH3 is 2. The fourth-order valence-electron chi connectivity index (χ4n) is 1.46. The minimum Gasteiger partial charge on any atom is -0.496 e. The van der Waals surface area contributed by atoms with Crippen LogP contribution in [0.15, 0.2) is 12.1 Å². The zero-order chi connectivity index (χ0) is 13.9. The molecule has 1 atom stereocenters. The third-order valence-electron chi connectivity index (χ3n) is 2.35. The van der Waals surface area contributed by atoms with E-state index in [-0.39, 0.29) is 17.1 Å². The number of halogens is 2. The summed E-state index contributed by atoms with van der Waals surface area (Å²) < 4.78 is 34.9. The van der Waals surface area contributed by atoms with Crippen molar-refractivity contribution in [3.63, 3.8) is 0 Å². The van der Waals surface area contributed by atoms with E-state index in [1.807, 2.05) is 0 Å². The summed E-state index contributed by atoms with van der Waals surface area (Å²) in [5.41, 5.74) is -0.582. The van der Waals surface area contributed by atoms with Gasteiger partial charge in [0, 0.05) is 5.56 Å². The first kappa shape index (κ1) is 14.2. The summed E-state index contributed by atoms with van der Waals surface area (Å²) in [6.45, 7) is 0. The lowest BCUT2D eigenvalue weighted by molar-refractivity contribution is -0.147. The molecular formula is C11H12F2O5. The Morgan fingerprint density at radius 1 is 1.17 bits per heavy atom. The van der Waals surface area contributed by atoms with Crippen molar-refractivity contribution in [3.8, 4) is 11.5 Å². The van der Waals surface area contributed by atoms with Crippen molar-refractivity contribution in [3.05, 3.63) is 23.3 Å². The van der Waals surface area contributed by atoms with Crippen molar-refractivity contribution in [2.75, 3.05) is 14.2 Å². The summed E-state index contributed by atoms with van der Waals surface area (Å²) in [4.78, 5) is 10.7. The second kappa shape index (κ2) is 5.63. The molecule has 1 rings (SSSR count). The third-order valence-corrected chi connectivity index (χ3v) is 2.35. The van der Waals surface area contributed by atoms with Gasteiger partial charge in [-0.3, -0.25) is 0 Å². The van der Waals surface area contributed by atoms with E-state index >= 15 is 0 Å². The predicted molar refractivity (Wildman–Crippen MR) is 57.1 cm³/mol. The van der Waals surface area contributed by atoms with Crippen LogP contribution in [0.5, 0.6) is 11.5 Å². The Kier molecular flexibility index (Phi) is 4.43. The monoisotopic (exact) mass is 262 g/mol. The molecule has 0 aromatic heterocycles. The second-order valence-electron chi connectivity index (χ2n) is 3.38. The number of hydrogen-bond acceptors (Lipinski definition) is 4. The lowest BCUT2D eigenvalue weighted by Gasteiger charge is -2.16. The number of carboxylic acids is 1. The average molecular weight is 262 g/mol. The minimum atomic E-state index is -2.80. The molecule has 1 aromatic rings. The van der Waals surface area contributed by atoms with Gasteiger partial charge in [-0.05, 0) is 12.1 Å². The average Bonchev–Trinajstić information content (AvgIpc) is 2.35. The van der Waals surface area contributed by atoms with Crippen molar-refractivity contribution < 1.29 is 33.3 Å². The fourth-order valence-corrected chi connectivity index (χ4v) is 1.46. The quantitative estimate of drug-likeness (QED) is 0.845. The summed E-state index contributed by atoms with van der Waals surface area (Å²) in [7, 11) is 2.36. The summed E-state index contributed by atoms with van der Waals surface area (Å²) in [6, 6.07) is 1.98. The lowest BCUT2D eigenvalue weighted by atomic mass is 10.0. The SMILES string of the molecule is COc1cc(C(O)C(=O)O)c(OC)cc1C(F)F. The maximum Gasteiger partial charge on any atom is 0.337 e. The molecule has 1 aromatic carbocycles. The van der Waals surface area contributed by atoms with E-state index in [1.165, 1.54) is 14.2 Å². The van der Waals surface area contributed by atoms with E-state index in [9.17, 15) is 18.7 Å². The lowest BCUT2D eigenvalue weighted by Crippen LogP contribution is -2.12. The van der Waals surface area contributed by atoms with Gasteiger partial charge in [0.2, 0.25) is 0 Å². The molecule has 1 unspecified atom stereocenters. The van der Waals surface area contributed by atoms with Crippen molar-refractivity contribution in [2.24, 2.45) is 0 Å². The van der Waals surface area contributed by atoms with Gasteiger partial charge >= 0.3 is 5.97 Å². The van der Waals surface area contributed by atoms with Crippen LogP contribution in [0.4, 0.5) is 8.78 Å². The van der Waals surface area contributed by atoms with Gasteiger partial charge in [0.15, 0.2) is 6.10 Å². The number of aliphatic carboxylic acids is 1. The van der Waals surface area contributed by atoms with E-state index in [1.54, 1.807) is 0 Å². The van der Waals surface area contributed by atoms with Crippen molar-refractivity contribution in [1.82, 2.24) is 0 Å². The number of ether oxygens (including phenoxy) is 2. The van der Waals surface area contributed by atoms with Gasteiger partial charge in [-0.2, -0.15) is 0 Å². The van der Waals surface area contributed by atoms with Crippen LogP contribution in [0, 0.1) is 0 Å². The van der Waals surface area contributed by atoms with Crippen LogP contribution in [0.2, 0.25) is 0 Å². The van der Waals surface area contributed by atoms with Gasteiger partial charge in [0.25, 0.3) is 6.43 Å². The Morgan fingerprint density at radius 3 is 2.00 bits per heavy atom. The number of carbonyl (C=O) groups is 1. The fraction of sp³-hybridized carbons (Fsp3) is 0.364. The highest BCUT2D eigenvalue weighted by atomic mass is 19.3. The van der Waals surface area contributed by atoms with Crippen LogP contribution in [0.1, 0.15) is 23.7 Å². The highest BCUT2D eigenvalue weighted by molar-refractivity contribution is 5.75. The molecule has 18 heavy (non-hydrogen) atoms. The Balaban J connectivity index is 3.39. The number of aliphatic hydroxyl groups excluding tert-OH is 1. The molecule has 2 N–H and O–H groups in total. The van der Waals surface area contributed by atoms with E-state index in [2.05, 4.69) is 0 Å². The van der Waals surface area contributed by atoms with Gasteiger partial charge in [0.05, 0.1) is 19.8 Å². The molecule has 7 heteroatoms. The minimum absolute atomic E-state index is 0.138. The topological polar surface area (TPSA) is 76.0 Å². The van der Waals surface area contributed by atoms with Gasteiger partial charge in [-0.25, -0.2) is 13.6 Å². The number of hydrogen-bond donors (Lipinski definition) is 2. The normalized spacial score (nSPS) is 12.3. The molecule has 0 bridgehead atoms. The number of aliphatic hydroxyl groups is 1. The van der Waals surface area contributed by atoms with Crippen LogP contribution >= 0.6 is 0 Å². The Morgan fingerprint density at radius 2 is 1.61 bits per heavy atom. The number of benzene rings is 1. The van der Waals surface area contributed by atoms with Gasteiger partial charge in [-0.1, -0.05) is 0 Å². The first-order valence-electron chi connectivity index (χ1n) is 4.87. The molecule has 5 nitrogen and oxygen atoms in total. The maximum atomic E-state index is 12.7. The zero-order valence-corrected chi connectivity index (χ0v) is 9.68. The summed E-state index contributed by atoms with van der Waals surface area (Å²) in [6.07, 6.45) is -4.68. The number of alkyl halides is 2. The molecule has 0 fully saturated rings. The molecule has 0 aliphatic rings. The molecule has 0 saturated heterocycles. The number of carboxylic acid groups (broad SMARTS) is 1. The molecule has 100 valence electrons. The van der Waals surface area contributed by atoms with Crippen LogP contribution < -0.4 is 9.47 Å². The van der Waals surface area contributed by atoms with Crippen molar-refractivity contribution in [2.45, 2.75) is 12.5 Å². The molecule has 0 spiro atoms. The van der Waals surface area contributed by atoms with Crippen LogP contribution in [0.3, 0.4) is 0 Å². The van der Waals surface area contributed by atoms with E-state index in [0.29, 0.717) is 0 Å². The molecule has 0 amide bonds. The van der Waals surface area contributed by atoms with Crippen LogP contribution in [-0.4, -0.2) is 30.4 Å². The maximum absolute atomic E-state index is 12.7. The molecule has 0 aliphatic heterocycles.